The van der Waals surface area contributed by atoms with Gasteiger partial charge < -0.3 is 9.47 Å². The van der Waals surface area contributed by atoms with Gasteiger partial charge >= 0.3 is 0 Å². The Kier molecular flexibility index (Phi) is 4.90. The zero-order valence-electron chi connectivity index (χ0n) is 14.5. The molecule has 2 aromatic carbocycles. The fourth-order valence-corrected chi connectivity index (χ4v) is 4.41. The Balaban J connectivity index is 1.50. The lowest BCUT2D eigenvalue weighted by atomic mass is 10.1. The summed E-state index contributed by atoms with van der Waals surface area (Å²) in [5, 5.41) is 1.28. The molecule has 1 aliphatic rings. The molecule has 1 aromatic heterocycles. The zero-order valence-corrected chi connectivity index (χ0v) is 15.3. The van der Waals surface area contributed by atoms with Crippen LogP contribution in [-0.4, -0.2) is 38.3 Å². The summed E-state index contributed by atoms with van der Waals surface area (Å²) in [4.78, 5) is 3.71. The highest BCUT2D eigenvalue weighted by atomic mass is 32.1. The summed E-state index contributed by atoms with van der Waals surface area (Å²) < 4.78 is 12.9. The van der Waals surface area contributed by atoms with Gasteiger partial charge in [0.05, 0.1) is 7.11 Å². The number of thiophene rings is 1. The lowest BCUT2D eigenvalue weighted by Crippen LogP contribution is -2.25. The SMILES string of the molecule is COc1cc(-c2cc3ccccc3s2)ccc1OCCN1CCCC1. The number of rotatable bonds is 6. The summed E-state index contributed by atoms with van der Waals surface area (Å²) in [6.07, 6.45) is 2.63. The second-order valence-electron chi connectivity index (χ2n) is 6.41. The zero-order chi connectivity index (χ0) is 17.1. The number of benzene rings is 2. The summed E-state index contributed by atoms with van der Waals surface area (Å²) in [7, 11) is 1.71. The van der Waals surface area contributed by atoms with Crippen molar-refractivity contribution in [3.05, 3.63) is 48.5 Å². The van der Waals surface area contributed by atoms with Crippen LogP contribution in [0.4, 0.5) is 0 Å². The first-order valence-electron chi connectivity index (χ1n) is 8.85. The Labute approximate surface area is 152 Å². The molecule has 0 unspecified atom stereocenters. The van der Waals surface area contributed by atoms with Gasteiger partial charge in [-0.3, -0.25) is 4.90 Å². The molecule has 0 N–H and O–H groups in total. The van der Waals surface area contributed by atoms with Crippen molar-refractivity contribution in [2.24, 2.45) is 0 Å². The van der Waals surface area contributed by atoms with Crippen molar-refractivity contribution in [3.63, 3.8) is 0 Å². The van der Waals surface area contributed by atoms with Crippen LogP contribution in [0.5, 0.6) is 11.5 Å². The summed E-state index contributed by atoms with van der Waals surface area (Å²) >= 11 is 1.81. The predicted octanol–water partition coefficient (Wildman–Crippen LogP) is 5.05. The van der Waals surface area contributed by atoms with Gasteiger partial charge in [-0.25, -0.2) is 0 Å². The van der Waals surface area contributed by atoms with Gasteiger partial charge in [-0.15, -0.1) is 11.3 Å². The Hall–Kier alpha value is -2.04. The van der Waals surface area contributed by atoms with E-state index in [1.165, 1.54) is 46.5 Å². The number of likely N-dealkylation sites (tertiary alicyclic amines) is 1. The summed E-state index contributed by atoms with van der Waals surface area (Å²) in [6, 6.07) is 17.0. The third kappa shape index (κ3) is 3.65. The number of ether oxygens (including phenoxy) is 2. The van der Waals surface area contributed by atoms with Gasteiger partial charge in [0.2, 0.25) is 0 Å². The minimum absolute atomic E-state index is 0.707. The van der Waals surface area contributed by atoms with Gasteiger partial charge in [-0.05, 0) is 67.2 Å². The van der Waals surface area contributed by atoms with Gasteiger partial charge in [0.25, 0.3) is 0 Å². The van der Waals surface area contributed by atoms with E-state index >= 15 is 0 Å². The highest BCUT2D eigenvalue weighted by Gasteiger charge is 2.13. The monoisotopic (exact) mass is 353 g/mol. The molecule has 1 aliphatic heterocycles. The van der Waals surface area contributed by atoms with Gasteiger partial charge in [-0.2, -0.15) is 0 Å². The van der Waals surface area contributed by atoms with Crippen molar-refractivity contribution < 1.29 is 9.47 Å². The number of hydrogen-bond acceptors (Lipinski definition) is 4. The predicted molar refractivity (Wildman–Crippen MR) is 105 cm³/mol. The van der Waals surface area contributed by atoms with Crippen molar-refractivity contribution in [1.82, 2.24) is 4.90 Å². The van der Waals surface area contributed by atoms with Crippen LogP contribution in [0.2, 0.25) is 0 Å². The van der Waals surface area contributed by atoms with E-state index in [2.05, 4.69) is 47.4 Å². The average Bonchev–Trinajstić information content (AvgIpc) is 3.31. The molecule has 0 radical (unpaired) electrons. The second-order valence-corrected chi connectivity index (χ2v) is 7.50. The highest BCUT2D eigenvalue weighted by molar-refractivity contribution is 7.22. The third-order valence-corrected chi connectivity index (χ3v) is 5.90. The van der Waals surface area contributed by atoms with Crippen molar-refractivity contribution >= 4 is 21.4 Å². The van der Waals surface area contributed by atoms with Crippen molar-refractivity contribution in [3.8, 4) is 21.9 Å². The molecule has 4 rings (SSSR count). The normalized spacial score (nSPS) is 14.9. The Morgan fingerprint density at radius 2 is 1.84 bits per heavy atom. The van der Waals surface area contributed by atoms with Crippen LogP contribution < -0.4 is 9.47 Å². The highest BCUT2D eigenvalue weighted by Crippen LogP contribution is 2.37. The Morgan fingerprint density at radius 3 is 2.64 bits per heavy atom. The molecule has 1 fully saturated rings. The van der Waals surface area contributed by atoms with E-state index in [9.17, 15) is 0 Å². The van der Waals surface area contributed by atoms with E-state index in [1.807, 2.05) is 17.4 Å². The number of hydrogen-bond donors (Lipinski definition) is 0. The van der Waals surface area contributed by atoms with Crippen LogP contribution in [0.1, 0.15) is 12.8 Å². The van der Waals surface area contributed by atoms with Gasteiger partial charge in [0.1, 0.15) is 6.61 Å². The quantitative estimate of drug-likeness (QED) is 0.619. The molecule has 0 aliphatic carbocycles. The average molecular weight is 353 g/mol. The first-order valence-corrected chi connectivity index (χ1v) is 9.67. The topological polar surface area (TPSA) is 21.7 Å². The summed E-state index contributed by atoms with van der Waals surface area (Å²) in [5.41, 5.74) is 1.17. The minimum Gasteiger partial charge on any atom is -0.493 e. The number of fused-ring (bicyclic) bond motifs is 1. The maximum absolute atomic E-state index is 5.98. The van der Waals surface area contributed by atoms with Crippen molar-refractivity contribution in [1.29, 1.82) is 0 Å². The first-order chi connectivity index (χ1) is 12.3. The van der Waals surface area contributed by atoms with Crippen LogP contribution in [0.15, 0.2) is 48.5 Å². The first kappa shape index (κ1) is 16.4. The Bertz CT molecular complexity index is 819. The maximum Gasteiger partial charge on any atom is 0.161 e. The number of methoxy groups -OCH3 is 1. The molecule has 3 aromatic rings. The fourth-order valence-electron chi connectivity index (χ4n) is 3.36. The molecule has 0 spiro atoms. The maximum atomic E-state index is 5.98. The smallest absolute Gasteiger partial charge is 0.161 e. The third-order valence-electron chi connectivity index (χ3n) is 4.74. The van der Waals surface area contributed by atoms with Crippen molar-refractivity contribution in [2.45, 2.75) is 12.8 Å². The molecule has 0 bridgehead atoms. The molecular weight excluding hydrogens is 330 g/mol. The van der Waals surface area contributed by atoms with E-state index < -0.39 is 0 Å². The molecular formula is C21H23NO2S. The lowest BCUT2D eigenvalue weighted by Gasteiger charge is -2.16. The molecule has 25 heavy (non-hydrogen) atoms. The number of nitrogens with zero attached hydrogens (tertiary/aromatic N) is 1. The molecule has 130 valence electrons. The van der Waals surface area contributed by atoms with Crippen LogP contribution in [-0.2, 0) is 0 Å². The van der Waals surface area contributed by atoms with Gasteiger partial charge in [-0.1, -0.05) is 18.2 Å². The molecule has 0 amide bonds. The largest absolute Gasteiger partial charge is 0.493 e. The molecule has 1 saturated heterocycles. The molecule has 2 heterocycles. The lowest BCUT2D eigenvalue weighted by molar-refractivity contribution is 0.230. The van der Waals surface area contributed by atoms with Crippen LogP contribution >= 0.6 is 11.3 Å². The Morgan fingerprint density at radius 1 is 1.00 bits per heavy atom. The van der Waals surface area contributed by atoms with E-state index in [4.69, 9.17) is 9.47 Å². The second kappa shape index (κ2) is 7.46. The fraction of sp³-hybridized carbons (Fsp3) is 0.333. The standard InChI is InChI=1S/C21H23NO2S/c1-23-19-14-17(21-15-16-6-2-3-7-20(16)25-21)8-9-18(19)24-13-12-22-10-4-5-11-22/h2-3,6-9,14-15H,4-5,10-13H2,1H3. The van der Waals surface area contributed by atoms with Gasteiger partial charge in [0.15, 0.2) is 11.5 Å². The van der Waals surface area contributed by atoms with E-state index in [1.54, 1.807) is 7.11 Å². The van der Waals surface area contributed by atoms with E-state index in [0.29, 0.717) is 6.61 Å². The summed E-state index contributed by atoms with van der Waals surface area (Å²) in [6.45, 7) is 4.09. The molecule has 0 saturated carbocycles. The summed E-state index contributed by atoms with van der Waals surface area (Å²) in [5.74, 6) is 1.63. The van der Waals surface area contributed by atoms with Crippen molar-refractivity contribution in [2.75, 3.05) is 33.4 Å². The van der Waals surface area contributed by atoms with Crippen LogP contribution in [0.25, 0.3) is 20.5 Å². The van der Waals surface area contributed by atoms with Gasteiger partial charge in [0, 0.05) is 16.1 Å². The molecule has 4 heteroatoms. The van der Waals surface area contributed by atoms with E-state index in [-0.39, 0.29) is 0 Å². The minimum atomic E-state index is 0.707. The van der Waals surface area contributed by atoms with Crippen LogP contribution in [0, 0.1) is 0 Å². The molecule has 3 nitrogen and oxygen atoms in total. The van der Waals surface area contributed by atoms with E-state index in [0.717, 1.165) is 18.0 Å². The van der Waals surface area contributed by atoms with Crippen LogP contribution in [0.3, 0.4) is 0 Å². The molecule has 0 atom stereocenters.